The Labute approximate surface area is 120 Å². The zero-order chi connectivity index (χ0) is 14.0. The molecule has 0 atom stereocenters. The van der Waals surface area contributed by atoms with Crippen molar-refractivity contribution in [3.63, 3.8) is 0 Å². The predicted octanol–water partition coefficient (Wildman–Crippen LogP) is 3.21. The number of hydrogen-bond donors (Lipinski definition) is 1. The Bertz CT molecular complexity index is 623. The van der Waals surface area contributed by atoms with Gasteiger partial charge in [0.05, 0.1) is 12.8 Å². The number of aromatic nitrogens is 1. The molecule has 2 N–H and O–H groups in total. The van der Waals surface area contributed by atoms with Crippen molar-refractivity contribution < 1.29 is 9.53 Å². The van der Waals surface area contributed by atoms with Crippen LogP contribution in [-0.2, 0) is 11.3 Å². The van der Waals surface area contributed by atoms with E-state index in [1.54, 1.807) is 35.0 Å². The molecular weight excluding hydrogens is 287 g/mol. The summed E-state index contributed by atoms with van der Waals surface area (Å²) in [7, 11) is 1.32. The van der Waals surface area contributed by atoms with E-state index < -0.39 is 5.97 Å². The van der Waals surface area contributed by atoms with Crippen LogP contribution in [-0.4, -0.2) is 17.6 Å². The van der Waals surface area contributed by atoms with Crippen molar-refractivity contribution >= 4 is 34.9 Å². The van der Waals surface area contributed by atoms with E-state index in [1.807, 2.05) is 0 Å². The van der Waals surface area contributed by atoms with Gasteiger partial charge in [-0.2, -0.15) is 0 Å². The molecule has 2 rings (SSSR count). The van der Waals surface area contributed by atoms with Crippen LogP contribution in [0.1, 0.15) is 16.1 Å². The van der Waals surface area contributed by atoms with Gasteiger partial charge in [-0.05, 0) is 29.8 Å². The first-order valence-corrected chi connectivity index (χ1v) is 6.24. The number of halogens is 2. The van der Waals surface area contributed by atoms with Crippen molar-refractivity contribution in [1.82, 2.24) is 4.57 Å². The van der Waals surface area contributed by atoms with Gasteiger partial charge in [-0.15, -0.1) is 0 Å². The molecule has 0 radical (unpaired) electrons. The van der Waals surface area contributed by atoms with Crippen molar-refractivity contribution in [2.75, 3.05) is 12.8 Å². The van der Waals surface area contributed by atoms with Gasteiger partial charge in [-0.1, -0.05) is 23.2 Å². The monoisotopic (exact) mass is 298 g/mol. The highest BCUT2D eigenvalue weighted by molar-refractivity contribution is 6.33. The SMILES string of the molecule is COC(=O)c1cc(N)cn1Cc1cc(Cl)ccc1Cl. The summed E-state index contributed by atoms with van der Waals surface area (Å²) in [5.41, 5.74) is 7.36. The lowest BCUT2D eigenvalue weighted by molar-refractivity contribution is 0.0589. The van der Waals surface area contributed by atoms with Crippen LogP contribution >= 0.6 is 23.2 Å². The molecule has 0 saturated heterocycles. The van der Waals surface area contributed by atoms with Crippen molar-refractivity contribution in [2.24, 2.45) is 0 Å². The number of esters is 1. The summed E-state index contributed by atoms with van der Waals surface area (Å²) in [4.78, 5) is 11.6. The number of hydrogen-bond acceptors (Lipinski definition) is 3. The predicted molar refractivity (Wildman–Crippen MR) is 75.7 cm³/mol. The molecule has 0 amide bonds. The van der Waals surface area contributed by atoms with Crippen LogP contribution in [0.2, 0.25) is 10.0 Å². The standard InChI is InChI=1S/C13H12Cl2N2O2/c1-19-13(18)12-5-10(16)7-17(12)6-8-4-9(14)2-3-11(8)15/h2-5,7H,6,16H2,1H3. The summed E-state index contributed by atoms with van der Waals surface area (Å²) in [6.07, 6.45) is 1.66. The molecule has 2 aromatic rings. The van der Waals surface area contributed by atoms with E-state index in [-0.39, 0.29) is 0 Å². The van der Waals surface area contributed by atoms with Crippen molar-refractivity contribution in [2.45, 2.75) is 6.54 Å². The summed E-state index contributed by atoms with van der Waals surface area (Å²) in [5, 5.41) is 1.16. The summed E-state index contributed by atoms with van der Waals surface area (Å²) in [6, 6.07) is 6.73. The Morgan fingerprint density at radius 2 is 2.11 bits per heavy atom. The Morgan fingerprint density at radius 1 is 1.37 bits per heavy atom. The molecule has 0 spiro atoms. The first-order chi connectivity index (χ1) is 9.01. The zero-order valence-electron chi connectivity index (χ0n) is 10.2. The Morgan fingerprint density at radius 3 is 2.79 bits per heavy atom. The van der Waals surface area contributed by atoms with Gasteiger partial charge in [0.25, 0.3) is 0 Å². The lowest BCUT2D eigenvalue weighted by Crippen LogP contribution is -2.10. The van der Waals surface area contributed by atoms with Crippen molar-refractivity contribution in [3.8, 4) is 0 Å². The van der Waals surface area contributed by atoms with E-state index >= 15 is 0 Å². The molecule has 0 aliphatic rings. The largest absolute Gasteiger partial charge is 0.464 e. The average molecular weight is 299 g/mol. The van der Waals surface area contributed by atoms with Gasteiger partial charge >= 0.3 is 5.97 Å². The topological polar surface area (TPSA) is 57.2 Å². The maximum Gasteiger partial charge on any atom is 0.354 e. The quantitative estimate of drug-likeness (QED) is 0.885. The lowest BCUT2D eigenvalue weighted by Gasteiger charge is -2.09. The highest BCUT2D eigenvalue weighted by atomic mass is 35.5. The molecule has 0 aliphatic heterocycles. The van der Waals surface area contributed by atoms with Gasteiger partial charge in [0.15, 0.2) is 0 Å². The van der Waals surface area contributed by atoms with E-state index in [0.717, 1.165) is 5.56 Å². The third kappa shape index (κ3) is 3.03. The summed E-state index contributed by atoms with van der Waals surface area (Å²) >= 11 is 12.0. The molecule has 0 aliphatic carbocycles. The minimum Gasteiger partial charge on any atom is -0.464 e. The maximum atomic E-state index is 11.6. The highest BCUT2D eigenvalue weighted by Crippen LogP contribution is 2.23. The molecule has 1 heterocycles. The van der Waals surface area contributed by atoms with E-state index in [2.05, 4.69) is 0 Å². The number of carbonyl (C=O) groups is 1. The van der Waals surface area contributed by atoms with E-state index in [1.165, 1.54) is 7.11 Å². The number of benzene rings is 1. The summed E-state index contributed by atoms with van der Waals surface area (Å²) in [6.45, 7) is 0.390. The van der Waals surface area contributed by atoms with Gasteiger partial charge in [0.1, 0.15) is 5.69 Å². The van der Waals surface area contributed by atoms with Crippen LogP contribution < -0.4 is 5.73 Å². The molecule has 1 aromatic carbocycles. The molecule has 0 fully saturated rings. The number of ether oxygens (including phenoxy) is 1. The van der Waals surface area contributed by atoms with Gasteiger partial charge in [-0.25, -0.2) is 4.79 Å². The smallest absolute Gasteiger partial charge is 0.354 e. The molecular formula is C13H12Cl2N2O2. The third-order valence-electron chi connectivity index (χ3n) is 2.66. The maximum absolute atomic E-state index is 11.6. The molecule has 100 valence electrons. The van der Waals surface area contributed by atoms with Crippen LogP contribution in [0.4, 0.5) is 5.69 Å². The van der Waals surface area contributed by atoms with Crippen LogP contribution in [0.3, 0.4) is 0 Å². The average Bonchev–Trinajstić information content (AvgIpc) is 2.74. The van der Waals surface area contributed by atoms with Gasteiger partial charge in [0, 0.05) is 22.8 Å². The van der Waals surface area contributed by atoms with Gasteiger partial charge in [0.2, 0.25) is 0 Å². The van der Waals surface area contributed by atoms with Crippen molar-refractivity contribution in [1.29, 1.82) is 0 Å². The van der Waals surface area contributed by atoms with Crippen LogP contribution in [0.15, 0.2) is 30.5 Å². The number of carbonyl (C=O) groups excluding carboxylic acids is 1. The normalized spacial score (nSPS) is 10.5. The van der Waals surface area contributed by atoms with Crippen LogP contribution in [0.25, 0.3) is 0 Å². The molecule has 6 heteroatoms. The fourth-order valence-corrected chi connectivity index (χ4v) is 2.16. The molecule has 0 saturated carbocycles. The number of rotatable bonds is 3. The first-order valence-electron chi connectivity index (χ1n) is 5.49. The van der Waals surface area contributed by atoms with Crippen LogP contribution in [0.5, 0.6) is 0 Å². The van der Waals surface area contributed by atoms with Gasteiger partial charge < -0.3 is 15.0 Å². The molecule has 1 aromatic heterocycles. The number of methoxy groups -OCH3 is 1. The highest BCUT2D eigenvalue weighted by Gasteiger charge is 2.14. The molecule has 0 bridgehead atoms. The van der Waals surface area contributed by atoms with Gasteiger partial charge in [-0.3, -0.25) is 0 Å². The lowest BCUT2D eigenvalue weighted by atomic mass is 10.2. The van der Waals surface area contributed by atoms with Crippen molar-refractivity contribution in [3.05, 3.63) is 51.8 Å². The number of nitrogens with zero attached hydrogens (tertiary/aromatic N) is 1. The third-order valence-corrected chi connectivity index (χ3v) is 3.26. The minimum absolute atomic E-state index is 0.371. The first kappa shape index (κ1) is 13.8. The number of nitrogens with two attached hydrogens (primary N) is 1. The van der Waals surface area contributed by atoms with E-state index in [4.69, 9.17) is 33.7 Å². The summed E-state index contributed by atoms with van der Waals surface area (Å²) in [5.74, 6) is -0.449. The van der Waals surface area contributed by atoms with E-state index in [9.17, 15) is 4.79 Å². The Balaban J connectivity index is 2.38. The second-order valence-corrected chi connectivity index (χ2v) is 4.86. The Kier molecular flexibility index (Phi) is 4.02. The number of anilines is 1. The second-order valence-electron chi connectivity index (χ2n) is 4.01. The molecule has 19 heavy (non-hydrogen) atoms. The molecule has 0 unspecified atom stereocenters. The Hall–Kier alpha value is -1.65. The number of nitrogen functional groups attached to an aromatic ring is 1. The minimum atomic E-state index is -0.449. The zero-order valence-corrected chi connectivity index (χ0v) is 11.7. The van der Waals surface area contributed by atoms with E-state index in [0.29, 0.717) is 28.0 Å². The van der Waals surface area contributed by atoms with Crippen LogP contribution in [0, 0.1) is 0 Å². The second kappa shape index (κ2) is 5.55. The fourth-order valence-electron chi connectivity index (χ4n) is 1.79. The fraction of sp³-hybridized carbons (Fsp3) is 0.154. The molecule has 4 nitrogen and oxygen atoms in total. The summed E-state index contributed by atoms with van der Waals surface area (Å²) < 4.78 is 6.39.